The highest BCUT2D eigenvalue weighted by Crippen LogP contribution is 2.12. The number of hydrazone groups is 1. The van der Waals surface area contributed by atoms with Crippen LogP contribution >= 0.6 is 0 Å². The molecule has 0 bridgehead atoms. The smallest absolute Gasteiger partial charge is 0.329 e. The molecule has 0 radical (unpaired) electrons. The summed E-state index contributed by atoms with van der Waals surface area (Å²) in [6.07, 6.45) is 1.26. The molecule has 0 aromatic heterocycles. The molecule has 2 amide bonds. The number of phenolic OH excluding ortho intramolecular Hbond substituents is 1. The van der Waals surface area contributed by atoms with Gasteiger partial charge in [-0.05, 0) is 29.8 Å². The van der Waals surface area contributed by atoms with Crippen molar-refractivity contribution in [2.75, 3.05) is 5.32 Å². The third-order valence-electron chi connectivity index (χ3n) is 2.58. The molecular formula is C15H12FN3O3. The number of hydrogen-bond donors (Lipinski definition) is 3. The van der Waals surface area contributed by atoms with E-state index in [0.29, 0.717) is 5.56 Å². The van der Waals surface area contributed by atoms with Gasteiger partial charge < -0.3 is 10.4 Å². The van der Waals surface area contributed by atoms with Crippen LogP contribution in [0.2, 0.25) is 0 Å². The maximum atomic E-state index is 13.3. The van der Waals surface area contributed by atoms with Crippen molar-refractivity contribution in [2.45, 2.75) is 0 Å². The highest BCUT2D eigenvalue weighted by Gasteiger charge is 2.14. The summed E-state index contributed by atoms with van der Waals surface area (Å²) >= 11 is 0. The van der Waals surface area contributed by atoms with Gasteiger partial charge in [-0.15, -0.1) is 0 Å². The van der Waals surface area contributed by atoms with E-state index in [2.05, 4.69) is 10.4 Å². The molecule has 0 unspecified atom stereocenters. The number of rotatable bonds is 3. The van der Waals surface area contributed by atoms with Crippen LogP contribution in [0.25, 0.3) is 0 Å². The van der Waals surface area contributed by atoms with Crippen LogP contribution in [0.1, 0.15) is 5.56 Å². The van der Waals surface area contributed by atoms with Crippen molar-refractivity contribution in [3.05, 3.63) is 59.9 Å². The van der Waals surface area contributed by atoms with Crippen molar-refractivity contribution in [3.63, 3.8) is 0 Å². The Kier molecular flexibility index (Phi) is 4.81. The lowest BCUT2D eigenvalue weighted by molar-refractivity contribution is -0.136. The molecule has 0 fully saturated rings. The normalized spacial score (nSPS) is 10.4. The third kappa shape index (κ3) is 4.14. The predicted molar refractivity (Wildman–Crippen MR) is 78.9 cm³/mol. The summed E-state index contributed by atoms with van der Waals surface area (Å²) < 4.78 is 13.3. The molecule has 0 heterocycles. The molecule has 0 atom stereocenters. The monoisotopic (exact) mass is 301 g/mol. The molecule has 0 saturated carbocycles. The number of nitrogens with one attached hydrogen (secondary N) is 2. The summed E-state index contributed by atoms with van der Waals surface area (Å²) in [6.45, 7) is 0. The van der Waals surface area contributed by atoms with Crippen LogP contribution in [-0.4, -0.2) is 23.1 Å². The molecule has 0 saturated heterocycles. The van der Waals surface area contributed by atoms with Gasteiger partial charge >= 0.3 is 11.8 Å². The zero-order chi connectivity index (χ0) is 15.9. The Balaban J connectivity index is 1.92. The molecule has 112 valence electrons. The van der Waals surface area contributed by atoms with E-state index < -0.39 is 17.6 Å². The van der Waals surface area contributed by atoms with Crippen LogP contribution in [0.5, 0.6) is 5.75 Å². The molecule has 3 N–H and O–H groups in total. The Morgan fingerprint density at radius 2 is 1.86 bits per heavy atom. The van der Waals surface area contributed by atoms with Crippen LogP contribution in [-0.2, 0) is 9.59 Å². The minimum absolute atomic E-state index is 0.0487. The van der Waals surface area contributed by atoms with E-state index in [-0.39, 0.29) is 11.4 Å². The lowest BCUT2D eigenvalue weighted by Gasteiger charge is -2.04. The first-order chi connectivity index (χ1) is 10.6. The van der Waals surface area contributed by atoms with Crippen LogP contribution in [0.4, 0.5) is 10.1 Å². The van der Waals surface area contributed by atoms with E-state index >= 15 is 0 Å². The minimum Gasteiger partial charge on any atom is -0.508 e. The second-order valence-corrected chi connectivity index (χ2v) is 4.23. The van der Waals surface area contributed by atoms with Gasteiger partial charge in [-0.25, -0.2) is 9.82 Å². The molecule has 2 rings (SSSR count). The molecule has 0 aliphatic carbocycles. The third-order valence-corrected chi connectivity index (χ3v) is 2.58. The van der Waals surface area contributed by atoms with E-state index in [1.165, 1.54) is 36.5 Å². The number of anilines is 1. The van der Waals surface area contributed by atoms with Crippen molar-refractivity contribution < 1.29 is 19.1 Å². The van der Waals surface area contributed by atoms with Gasteiger partial charge in [0.15, 0.2) is 0 Å². The van der Waals surface area contributed by atoms with Gasteiger partial charge in [0.2, 0.25) is 0 Å². The van der Waals surface area contributed by atoms with Gasteiger partial charge in [0.25, 0.3) is 0 Å². The Hall–Kier alpha value is -3.22. The number of carbonyl (C=O) groups excluding carboxylic acids is 2. The van der Waals surface area contributed by atoms with E-state index in [0.717, 1.165) is 6.07 Å². The fraction of sp³-hybridized carbons (Fsp3) is 0. The zero-order valence-electron chi connectivity index (χ0n) is 11.3. The van der Waals surface area contributed by atoms with Crippen molar-refractivity contribution >= 4 is 23.7 Å². The standard InChI is InChI=1S/C15H12FN3O3/c16-12-6-1-2-7-13(12)18-14(21)15(22)19-17-9-10-4-3-5-11(20)8-10/h1-9,20H,(H,18,21)(H,19,22)/b17-9-. The molecule has 0 aliphatic heterocycles. The maximum Gasteiger partial charge on any atom is 0.329 e. The Morgan fingerprint density at radius 1 is 1.09 bits per heavy atom. The molecule has 2 aromatic carbocycles. The van der Waals surface area contributed by atoms with Gasteiger partial charge in [-0.1, -0.05) is 24.3 Å². The second-order valence-electron chi connectivity index (χ2n) is 4.23. The van der Waals surface area contributed by atoms with Crippen molar-refractivity contribution in [2.24, 2.45) is 5.10 Å². The van der Waals surface area contributed by atoms with Gasteiger partial charge in [0.05, 0.1) is 11.9 Å². The number of aromatic hydroxyl groups is 1. The van der Waals surface area contributed by atoms with E-state index in [1.54, 1.807) is 12.1 Å². The van der Waals surface area contributed by atoms with Gasteiger partial charge in [-0.2, -0.15) is 5.10 Å². The summed E-state index contributed by atoms with van der Waals surface area (Å²) in [6, 6.07) is 11.6. The Labute approximate surface area is 125 Å². The molecular weight excluding hydrogens is 289 g/mol. The summed E-state index contributed by atoms with van der Waals surface area (Å²) in [4.78, 5) is 23.1. The number of para-hydroxylation sites is 1. The van der Waals surface area contributed by atoms with Gasteiger partial charge in [0.1, 0.15) is 11.6 Å². The van der Waals surface area contributed by atoms with Crippen LogP contribution in [0.15, 0.2) is 53.6 Å². The predicted octanol–water partition coefficient (Wildman–Crippen LogP) is 1.62. The van der Waals surface area contributed by atoms with E-state index in [9.17, 15) is 19.1 Å². The van der Waals surface area contributed by atoms with Gasteiger partial charge in [-0.3, -0.25) is 9.59 Å². The molecule has 7 heteroatoms. The number of carbonyl (C=O) groups is 2. The molecule has 2 aromatic rings. The van der Waals surface area contributed by atoms with Crippen molar-refractivity contribution in [1.82, 2.24) is 5.43 Å². The second kappa shape index (κ2) is 6.98. The van der Waals surface area contributed by atoms with Crippen LogP contribution in [0, 0.1) is 5.82 Å². The van der Waals surface area contributed by atoms with Crippen LogP contribution in [0.3, 0.4) is 0 Å². The number of halogens is 1. The first-order valence-electron chi connectivity index (χ1n) is 6.24. The van der Waals surface area contributed by atoms with Gasteiger partial charge in [0, 0.05) is 0 Å². The fourth-order valence-electron chi connectivity index (χ4n) is 1.56. The average Bonchev–Trinajstić information content (AvgIpc) is 2.49. The summed E-state index contributed by atoms with van der Waals surface area (Å²) in [7, 11) is 0. The highest BCUT2D eigenvalue weighted by atomic mass is 19.1. The number of amides is 2. The van der Waals surface area contributed by atoms with Crippen molar-refractivity contribution in [1.29, 1.82) is 0 Å². The summed E-state index contributed by atoms with van der Waals surface area (Å²) in [5, 5.41) is 15.0. The van der Waals surface area contributed by atoms with E-state index in [4.69, 9.17) is 0 Å². The number of hydrogen-bond acceptors (Lipinski definition) is 4. The fourth-order valence-corrected chi connectivity index (χ4v) is 1.56. The summed E-state index contributed by atoms with van der Waals surface area (Å²) in [5.74, 6) is -2.68. The molecule has 22 heavy (non-hydrogen) atoms. The van der Waals surface area contributed by atoms with Crippen molar-refractivity contribution in [3.8, 4) is 5.75 Å². The minimum atomic E-state index is -1.04. The number of nitrogens with zero attached hydrogens (tertiary/aromatic N) is 1. The lowest BCUT2D eigenvalue weighted by atomic mass is 10.2. The lowest BCUT2D eigenvalue weighted by Crippen LogP contribution is -2.32. The topological polar surface area (TPSA) is 90.8 Å². The molecule has 6 nitrogen and oxygen atoms in total. The average molecular weight is 301 g/mol. The van der Waals surface area contributed by atoms with E-state index in [1.807, 2.05) is 5.43 Å². The molecule has 0 aliphatic rings. The highest BCUT2D eigenvalue weighted by molar-refractivity contribution is 6.39. The molecule has 0 spiro atoms. The number of phenols is 1. The first-order valence-corrected chi connectivity index (χ1v) is 6.24. The quantitative estimate of drug-likeness (QED) is 0.457. The zero-order valence-corrected chi connectivity index (χ0v) is 11.3. The Morgan fingerprint density at radius 3 is 2.59 bits per heavy atom. The Bertz CT molecular complexity index is 731. The first kappa shape index (κ1) is 15.2. The number of benzene rings is 2. The SMILES string of the molecule is O=C(N/N=C\c1cccc(O)c1)C(=O)Nc1ccccc1F. The summed E-state index contributed by atoms with van der Waals surface area (Å²) in [5.41, 5.74) is 2.44. The maximum absolute atomic E-state index is 13.3. The van der Waals surface area contributed by atoms with Crippen LogP contribution < -0.4 is 10.7 Å². The largest absolute Gasteiger partial charge is 0.508 e.